The van der Waals surface area contributed by atoms with Gasteiger partial charge >= 0.3 is 0 Å². The molecule has 3 rings (SSSR count). The molecule has 2 aromatic carbocycles. The molecule has 29 heavy (non-hydrogen) atoms. The maximum Gasteiger partial charge on any atom is 0.255 e. The number of hydrogen-bond donors (Lipinski definition) is 1. The largest absolute Gasteiger partial charge is 0.351 e. The number of benzene rings is 2. The summed E-state index contributed by atoms with van der Waals surface area (Å²) in [5.41, 5.74) is 2.73. The van der Waals surface area contributed by atoms with Crippen LogP contribution in [-0.4, -0.2) is 53.8 Å². The Morgan fingerprint density at radius 3 is 2.41 bits per heavy atom. The highest BCUT2D eigenvalue weighted by atomic mass is 35.5. The van der Waals surface area contributed by atoms with Crippen LogP contribution in [0.3, 0.4) is 0 Å². The van der Waals surface area contributed by atoms with E-state index in [1.807, 2.05) is 38.1 Å². The molecule has 5 nitrogen and oxygen atoms in total. The van der Waals surface area contributed by atoms with Gasteiger partial charge in [-0.3, -0.25) is 14.5 Å². The minimum atomic E-state index is -0.254. The number of piperazine rings is 1. The second-order valence-corrected chi connectivity index (χ2v) is 8.12. The second-order valence-electron chi connectivity index (χ2n) is 7.27. The Kier molecular flexibility index (Phi) is 7.17. The Labute approximate surface area is 181 Å². The van der Waals surface area contributed by atoms with Gasteiger partial charge in [0.25, 0.3) is 5.91 Å². The van der Waals surface area contributed by atoms with E-state index in [-0.39, 0.29) is 17.9 Å². The third-order valence-corrected chi connectivity index (χ3v) is 5.95. The van der Waals surface area contributed by atoms with Crippen molar-refractivity contribution in [1.29, 1.82) is 0 Å². The smallest absolute Gasteiger partial charge is 0.255 e. The Hall–Kier alpha value is -2.08. The van der Waals surface area contributed by atoms with Crippen LogP contribution in [0.2, 0.25) is 10.0 Å². The van der Waals surface area contributed by atoms with Crippen LogP contribution < -0.4 is 5.32 Å². The molecule has 0 radical (unpaired) electrons. The first-order valence-electron chi connectivity index (χ1n) is 9.67. The predicted octanol–water partition coefficient (Wildman–Crippen LogP) is 3.76. The van der Waals surface area contributed by atoms with Gasteiger partial charge in [-0.15, -0.1) is 0 Å². The number of nitrogens with one attached hydrogen (secondary N) is 1. The van der Waals surface area contributed by atoms with Crippen LogP contribution in [0.5, 0.6) is 0 Å². The van der Waals surface area contributed by atoms with Crippen molar-refractivity contribution in [2.75, 3.05) is 26.2 Å². The molecule has 0 spiro atoms. The Morgan fingerprint density at radius 2 is 1.76 bits per heavy atom. The molecule has 1 fully saturated rings. The lowest BCUT2D eigenvalue weighted by atomic mass is 10.1. The van der Waals surface area contributed by atoms with E-state index in [0.717, 1.165) is 11.1 Å². The average molecular weight is 434 g/mol. The van der Waals surface area contributed by atoms with Crippen LogP contribution in [0.1, 0.15) is 28.4 Å². The van der Waals surface area contributed by atoms with E-state index in [0.29, 0.717) is 48.3 Å². The number of nitrogens with zero attached hydrogens (tertiary/aromatic N) is 2. The molecule has 1 atom stereocenters. The van der Waals surface area contributed by atoms with Crippen LogP contribution in [0.15, 0.2) is 42.5 Å². The normalized spacial score (nSPS) is 15.8. The van der Waals surface area contributed by atoms with Gasteiger partial charge in [0.05, 0.1) is 16.6 Å². The molecule has 0 saturated carbocycles. The van der Waals surface area contributed by atoms with Crippen molar-refractivity contribution < 1.29 is 9.59 Å². The zero-order valence-corrected chi connectivity index (χ0v) is 18.1. The van der Waals surface area contributed by atoms with Crippen molar-refractivity contribution in [2.24, 2.45) is 0 Å². The van der Waals surface area contributed by atoms with Crippen LogP contribution in [0.25, 0.3) is 0 Å². The highest BCUT2D eigenvalue weighted by Crippen LogP contribution is 2.23. The summed E-state index contributed by atoms with van der Waals surface area (Å²) in [6, 6.07) is 12.7. The Bertz CT molecular complexity index is 895. The standard InChI is InChI=1S/C22H25Cl2N3O2/c1-15-5-3-4-6-17(15)14-25-21(28)16(2)26-9-11-27(12-10-26)22(29)19-8-7-18(23)13-20(19)24/h3-8,13,16H,9-12,14H2,1-2H3,(H,25,28). The molecule has 154 valence electrons. The summed E-state index contributed by atoms with van der Waals surface area (Å²) in [5, 5.41) is 3.88. The summed E-state index contributed by atoms with van der Waals surface area (Å²) in [7, 11) is 0. The van der Waals surface area contributed by atoms with Crippen LogP contribution in [0, 0.1) is 6.92 Å². The second kappa shape index (κ2) is 9.61. The fourth-order valence-corrected chi connectivity index (χ4v) is 3.94. The van der Waals surface area contributed by atoms with Gasteiger partial charge in [-0.25, -0.2) is 0 Å². The molecule has 1 unspecified atom stereocenters. The maximum atomic E-state index is 12.7. The van der Waals surface area contributed by atoms with Gasteiger partial charge in [0.2, 0.25) is 5.91 Å². The van der Waals surface area contributed by atoms with Gasteiger partial charge in [-0.2, -0.15) is 0 Å². The molecule has 1 saturated heterocycles. The van der Waals surface area contributed by atoms with Crippen molar-refractivity contribution in [3.05, 3.63) is 69.2 Å². The lowest BCUT2D eigenvalue weighted by Gasteiger charge is -2.37. The van der Waals surface area contributed by atoms with Crippen LogP contribution in [-0.2, 0) is 11.3 Å². The minimum Gasteiger partial charge on any atom is -0.351 e. The summed E-state index contributed by atoms with van der Waals surface area (Å²) < 4.78 is 0. The first-order chi connectivity index (χ1) is 13.9. The van der Waals surface area contributed by atoms with E-state index in [1.165, 1.54) is 0 Å². The van der Waals surface area contributed by atoms with Crippen LogP contribution >= 0.6 is 23.2 Å². The highest BCUT2D eigenvalue weighted by Gasteiger charge is 2.28. The van der Waals surface area contributed by atoms with Crippen molar-refractivity contribution >= 4 is 35.0 Å². The van der Waals surface area contributed by atoms with Crippen molar-refractivity contribution in [3.8, 4) is 0 Å². The van der Waals surface area contributed by atoms with E-state index in [9.17, 15) is 9.59 Å². The molecular weight excluding hydrogens is 409 g/mol. The number of halogens is 2. The van der Waals surface area contributed by atoms with E-state index in [2.05, 4.69) is 10.2 Å². The van der Waals surface area contributed by atoms with Gasteiger partial charge in [-0.05, 0) is 43.2 Å². The number of rotatable bonds is 5. The number of carbonyl (C=O) groups excluding carboxylic acids is 2. The number of hydrogen-bond acceptors (Lipinski definition) is 3. The zero-order valence-electron chi connectivity index (χ0n) is 16.6. The van der Waals surface area contributed by atoms with Crippen molar-refractivity contribution in [1.82, 2.24) is 15.1 Å². The molecule has 2 amide bonds. The molecule has 1 aliphatic heterocycles. The average Bonchev–Trinajstić information content (AvgIpc) is 2.72. The molecule has 2 aromatic rings. The molecule has 7 heteroatoms. The van der Waals surface area contributed by atoms with Crippen molar-refractivity contribution in [2.45, 2.75) is 26.4 Å². The van der Waals surface area contributed by atoms with E-state index >= 15 is 0 Å². The zero-order chi connectivity index (χ0) is 21.0. The molecule has 0 bridgehead atoms. The first-order valence-corrected chi connectivity index (χ1v) is 10.4. The summed E-state index contributed by atoms with van der Waals surface area (Å²) in [6.45, 7) is 6.82. The predicted molar refractivity (Wildman–Crippen MR) is 116 cm³/mol. The lowest BCUT2D eigenvalue weighted by Crippen LogP contribution is -2.54. The van der Waals surface area contributed by atoms with E-state index in [4.69, 9.17) is 23.2 Å². The third kappa shape index (κ3) is 5.30. The van der Waals surface area contributed by atoms with Gasteiger partial charge in [-0.1, -0.05) is 47.5 Å². The summed E-state index contributed by atoms with van der Waals surface area (Å²) >= 11 is 12.1. The third-order valence-electron chi connectivity index (χ3n) is 5.40. The number of amides is 2. The lowest BCUT2D eigenvalue weighted by molar-refractivity contribution is -0.126. The van der Waals surface area contributed by atoms with Gasteiger partial charge in [0, 0.05) is 37.7 Å². The molecular formula is C22H25Cl2N3O2. The number of aryl methyl sites for hydroxylation is 1. The van der Waals surface area contributed by atoms with Gasteiger partial charge in [0.15, 0.2) is 0 Å². The number of carbonyl (C=O) groups is 2. The SMILES string of the molecule is Cc1ccccc1CNC(=O)C(C)N1CCN(C(=O)c2ccc(Cl)cc2Cl)CC1. The fourth-order valence-electron chi connectivity index (χ4n) is 3.45. The summed E-state index contributed by atoms with van der Waals surface area (Å²) in [4.78, 5) is 29.2. The first kappa shape index (κ1) is 21.6. The topological polar surface area (TPSA) is 52.7 Å². The van der Waals surface area contributed by atoms with Crippen molar-refractivity contribution in [3.63, 3.8) is 0 Å². The minimum absolute atomic E-state index is 0.00576. The highest BCUT2D eigenvalue weighted by molar-refractivity contribution is 6.36. The van der Waals surface area contributed by atoms with E-state index < -0.39 is 0 Å². The Balaban J connectivity index is 1.52. The fraction of sp³-hybridized carbons (Fsp3) is 0.364. The van der Waals surface area contributed by atoms with E-state index in [1.54, 1.807) is 23.1 Å². The van der Waals surface area contributed by atoms with Crippen LogP contribution in [0.4, 0.5) is 0 Å². The summed E-state index contributed by atoms with van der Waals surface area (Å²) in [6.07, 6.45) is 0. The van der Waals surface area contributed by atoms with Gasteiger partial charge in [0.1, 0.15) is 0 Å². The molecule has 1 aliphatic rings. The quantitative estimate of drug-likeness (QED) is 0.780. The molecule has 1 N–H and O–H groups in total. The molecule has 0 aromatic heterocycles. The maximum absolute atomic E-state index is 12.7. The molecule has 1 heterocycles. The summed E-state index contributed by atoms with van der Waals surface area (Å²) in [5.74, 6) is -0.114. The monoisotopic (exact) mass is 433 g/mol. The molecule has 0 aliphatic carbocycles. The Morgan fingerprint density at radius 1 is 1.07 bits per heavy atom. The van der Waals surface area contributed by atoms with Gasteiger partial charge < -0.3 is 10.2 Å².